The molecule has 3 aromatic rings. The van der Waals surface area contributed by atoms with Crippen LogP contribution in [-0.2, 0) is 4.79 Å². The summed E-state index contributed by atoms with van der Waals surface area (Å²) in [6.45, 7) is 3.86. The molecule has 0 aliphatic rings. The van der Waals surface area contributed by atoms with Crippen LogP contribution in [-0.4, -0.2) is 40.8 Å². The minimum absolute atomic E-state index is 0.338. The number of aromatic amines is 1. The number of nitrogens with one attached hydrogen (secondary N) is 2. The topological polar surface area (TPSA) is 103 Å². The van der Waals surface area contributed by atoms with Crippen molar-refractivity contribution in [2.24, 2.45) is 5.10 Å². The predicted molar refractivity (Wildman–Crippen MR) is 115 cm³/mol. The zero-order chi connectivity index (χ0) is 21.5. The second kappa shape index (κ2) is 9.70. The van der Waals surface area contributed by atoms with Gasteiger partial charge in [0.05, 0.1) is 19.9 Å². The standard InChI is InChI=1S/C20H21N5O4S/c1-4-28-16-8-6-15(7-9-16)19-22-23-20(30)25(19)24-21-12-14-5-10-17(29-13(2)26)18(11-14)27-3/h5-12,24H,4H2,1-3H3,(H,23,30)/b21-12-. The van der Waals surface area contributed by atoms with E-state index >= 15 is 0 Å². The molecule has 3 rings (SSSR count). The van der Waals surface area contributed by atoms with Crippen LogP contribution in [0.5, 0.6) is 17.2 Å². The highest BCUT2D eigenvalue weighted by atomic mass is 32.1. The zero-order valence-electron chi connectivity index (χ0n) is 16.7. The number of esters is 1. The summed E-state index contributed by atoms with van der Waals surface area (Å²) in [5.41, 5.74) is 4.43. The SMILES string of the molecule is CCOc1ccc(-c2n[nH]c(=S)n2N/N=C\c2ccc(OC(C)=O)c(OC)c2)cc1. The Kier molecular flexibility index (Phi) is 6.81. The molecular weight excluding hydrogens is 406 g/mol. The van der Waals surface area contributed by atoms with Crippen LogP contribution in [0.3, 0.4) is 0 Å². The second-order valence-electron chi connectivity index (χ2n) is 6.01. The Hall–Kier alpha value is -3.66. The number of methoxy groups -OCH3 is 1. The number of nitrogens with zero attached hydrogens (tertiary/aromatic N) is 3. The van der Waals surface area contributed by atoms with Crippen LogP contribution in [0, 0.1) is 4.77 Å². The Morgan fingerprint density at radius 2 is 2.03 bits per heavy atom. The Morgan fingerprint density at radius 1 is 1.27 bits per heavy atom. The van der Waals surface area contributed by atoms with Gasteiger partial charge in [-0.2, -0.15) is 14.9 Å². The quantitative estimate of drug-likeness (QED) is 0.186. The molecule has 2 aromatic carbocycles. The molecule has 0 radical (unpaired) electrons. The highest BCUT2D eigenvalue weighted by Crippen LogP contribution is 2.27. The number of ether oxygens (including phenoxy) is 3. The lowest BCUT2D eigenvalue weighted by molar-refractivity contribution is -0.132. The van der Waals surface area contributed by atoms with E-state index in [2.05, 4.69) is 20.8 Å². The van der Waals surface area contributed by atoms with Gasteiger partial charge in [0.1, 0.15) is 5.75 Å². The summed E-state index contributed by atoms with van der Waals surface area (Å²) in [6.07, 6.45) is 1.58. The van der Waals surface area contributed by atoms with Crippen LogP contribution < -0.4 is 19.7 Å². The Bertz CT molecular complexity index is 1110. The van der Waals surface area contributed by atoms with Crippen molar-refractivity contribution in [1.82, 2.24) is 14.9 Å². The van der Waals surface area contributed by atoms with Gasteiger partial charge in [-0.25, -0.2) is 10.6 Å². The molecular formula is C20H21N5O4S. The predicted octanol–water partition coefficient (Wildman–Crippen LogP) is 3.52. The number of hydrogen-bond donors (Lipinski definition) is 2. The van der Waals surface area contributed by atoms with E-state index in [9.17, 15) is 4.79 Å². The van der Waals surface area contributed by atoms with Crippen LogP contribution >= 0.6 is 12.2 Å². The lowest BCUT2D eigenvalue weighted by atomic mass is 10.2. The molecule has 0 spiro atoms. The number of hydrogen-bond acceptors (Lipinski definition) is 8. The molecule has 0 atom stereocenters. The Balaban J connectivity index is 1.78. The largest absolute Gasteiger partial charge is 0.494 e. The third kappa shape index (κ3) is 5.03. The van der Waals surface area contributed by atoms with E-state index in [1.54, 1.807) is 29.1 Å². The summed E-state index contributed by atoms with van der Waals surface area (Å²) in [6, 6.07) is 12.6. The lowest BCUT2D eigenvalue weighted by Crippen LogP contribution is -2.10. The summed E-state index contributed by atoms with van der Waals surface area (Å²) in [5.74, 6) is 1.68. The Labute approximate surface area is 178 Å². The first-order valence-corrected chi connectivity index (χ1v) is 9.48. The summed E-state index contributed by atoms with van der Waals surface area (Å²) in [7, 11) is 1.50. The smallest absolute Gasteiger partial charge is 0.308 e. The van der Waals surface area contributed by atoms with Crippen molar-refractivity contribution in [1.29, 1.82) is 0 Å². The van der Waals surface area contributed by atoms with Crippen molar-refractivity contribution in [2.75, 3.05) is 19.3 Å². The molecule has 156 valence electrons. The van der Waals surface area contributed by atoms with E-state index in [0.717, 1.165) is 16.9 Å². The normalized spacial score (nSPS) is 10.8. The third-order valence-corrected chi connectivity index (χ3v) is 4.18. The summed E-state index contributed by atoms with van der Waals surface area (Å²) >= 11 is 5.28. The molecule has 0 saturated heterocycles. The van der Waals surface area contributed by atoms with Gasteiger partial charge in [0, 0.05) is 12.5 Å². The fourth-order valence-corrected chi connectivity index (χ4v) is 2.79. The van der Waals surface area contributed by atoms with Gasteiger partial charge in [-0.1, -0.05) is 0 Å². The van der Waals surface area contributed by atoms with Gasteiger partial charge in [0.2, 0.25) is 4.77 Å². The van der Waals surface area contributed by atoms with Gasteiger partial charge in [-0.15, -0.1) is 0 Å². The maximum absolute atomic E-state index is 11.2. The maximum Gasteiger partial charge on any atom is 0.308 e. The number of aromatic nitrogens is 3. The van der Waals surface area contributed by atoms with Gasteiger partial charge in [-0.05, 0) is 67.2 Å². The maximum atomic E-state index is 11.2. The fourth-order valence-electron chi connectivity index (χ4n) is 2.62. The van der Waals surface area contributed by atoms with Crippen molar-refractivity contribution < 1.29 is 19.0 Å². The van der Waals surface area contributed by atoms with Gasteiger partial charge >= 0.3 is 5.97 Å². The molecule has 9 nitrogen and oxygen atoms in total. The number of rotatable bonds is 8. The van der Waals surface area contributed by atoms with Gasteiger partial charge < -0.3 is 14.2 Å². The highest BCUT2D eigenvalue weighted by molar-refractivity contribution is 7.71. The third-order valence-electron chi connectivity index (χ3n) is 3.91. The van der Waals surface area contributed by atoms with Crippen LogP contribution in [0.1, 0.15) is 19.4 Å². The highest BCUT2D eigenvalue weighted by Gasteiger charge is 2.09. The van der Waals surface area contributed by atoms with E-state index in [0.29, 0.717) is 28.7 Å². The number of H-pyrrole nitrogens is 1. The summed E-state index contributed by atoms with van der Waals surface area (Å²) in [5, 5.41) is 11.2. The van der Waals surface area contributed by atoms with E-state index in [1.165, 1.54) is 14.0 Å². The van der Waals surface area contributed by atoms with Crippen LogP contribution in [0.4, 0.5) is 0 Å². The molecule has 0 aliphatic heterocycles. The van der Waals surface area contributed by atoms with Crippen molar-refractivity contribution in [2.45, 2.75) is 13.8 Å². The van der Waals surface area contributed by atoms with Crippen LogP contribution in [0.2, 0.25) is 0 Å². The van der Waals surface area contributed by atoms with Crippen molar-refractivity contribution in [3.63, 3.8) is 0 Å². The van der Waals surface area contributed by atoms with E-state index < -0.39 is 5.97 Å². The molecule has 2 N–H and O–H groups in total. The van der Waals surface area contributed by atoms with Gasteiger partial charge in [0.25, 0.3) is 0 Å². The molecule has 0 bridgehead atoms. The molecule has 0 unspecified atom stereocenters. The molecule has 10 heteroatoms. The fraction of sp³-hybridized carbons (Fsp3) is 0.200. The number of hydrazone groups is 1. The zero-order valence-corrected chi connectivity index (χ0v) is 17.5. The molecule has 0 aliphatic carbocycles. The van der Waals surface area contributed by atoms with Crippen LogP contribution in [0.25, 0.3) is 11.4 Å². The van der Waals surface area contributed by atoms with E-state index in [4.69, 9.17) is 26.4 Å². The first kappa shape index (κ1) is 21.1. The average Bonchev–Trinajstić information content (AvgIpc) is 3.10. The molecule has 0 amide bonds. The molecule has 0 fully saturated rings. The molecule has 30 heavy (non-hydrogen) atoms. The van der Waals surface area contributed by atoms with Crippen molar-refractivity contribution in [3.8, 4) is 28.6 Å². The lowest BCUT2D eigenvalue weighted by Gasteiger charge is -2.09. The Morgan fingerprint density at radius 3 is 2.70 bits per heavy atom. The van der Waals surface area contributed by atoms with Crippen molar-refractivity contribution >= 4 is 24.4 Å². The first-order valence-electron chi connectivity index (χ1n) is 9.08. The average molecular weight is 427 g/mol. The number of carbonyl (C=O) groups excluding carboxylic acids is 1. The minimum atomic E-state index is -0.424. The number of benzene rings is 2. The number of carbonyl (C=O) groups is 1. The van der Waals surface area contributed by atoms with E-state index in [1.807, 2.05) is 31.2 Å². The molecule has 0 saturated carbocycles. The van der Waals surface area contributed by atoms with Gasteiger partial charge in [0.15, 0.2) is 17.3 Å². The van der Waals surface area contributed by atoms with Gasteiger partial charge in [-0.3, -0.25) is 4.79 Å². The minimum Gasteiger partial charge on any atom is -0.494 e. The molecule has 1 heterocycles. The molecule has 1 aromatic heterocycles. The van der Waals surface area contributed by atoms with Crippen LogP contribution in [0.15, 0.2) is 47.6 Å². The first-order chi connectivity index (χ1) is 14.5. The monoisotopic (exact) mass is 427 g/mol. The second-order valence-corrected chi connectivity index (χ2v) is 6.39. The van der Waals surface area contributed by atoms with E-state index in [-0.39, 0.29) is 0 Å². The summed E-state index contributed by atoms with van der Waals surface area (Å²) < 4.78 is 17.7. The summed E-state index contributed by atoms with van der Waals surface area (Å²) in [4.78, 5) is 11.2. The van der Waals surface area contributed by atoms with Crippen molar-refractivity contribution in [3.05, 3.63) is 52.8 Å².